The van der Waals surface area contributed by atoms with Crippen molar-refractivity contribution in [3.8, 4) is 0 Å². The molecule has 6 heteroatoms. The Morgan fingerprint density at radius 1 is 1.21 bits per heavy atom. The Morgan fingerprint density at radius 2 is 1.89 bits per heavy atom. The van der Waals surface area contributed by atoms with E-state index in [0.717, 1.165) is 12.8 Å². The van der Waals surface area contributed by atoms with Crippen LogP contribution in [0.25, 0.3) is 0 Å². The number of aromatic nitrogens is 1. The maximum atomic E-state index is 11.5. The first kappa shape index (κ1) is 15.9. The average molecular weight is 285 g/mol. The average Bonchev–Trinajstić information content (AvgIpc) is 2.37. The highest BCUT2D eigenvalue weighted by molar-refractivity contribution is 7.89. The van der Waals surface area contributed by atoms with Crippen LogP contribution in [0.2, 0.25) is 0 Å². The Hall–Kier alpha value is -1.14. The van der Waals surface area contributed by atoms with Crippen LogP contribution in [0, 0.1) is 5.92 Å². The molecule has 0 fully saturated rings. The summed E-state index contributed by atoms with van der Waals surface area (Å²) in [6.07, 6.45) is 3.58. The predicted octanol–water partition coefficient (Wildman–Crippen LogP) is 2.23. The molecule has 1 atom stereocenters. The van der Waals surface area contributed by atoms with Gasteiger partial charge in [-0.15, -0.1) is 0 Å². The van der Waals surface area contributed by atoms with Crippen molar-refractivity contribution in [1.82, 2.24) is 9.71 Å². The normalized spacial score (nSPS) is 13.5. The van der Waals surface area contributed by atoms with Crippen molar-refractivity contribution in [2.24, 2.45) is 5.92 Å². The van der Waals surface area contributed by atoms with Gasteiger partial charge < -0.3 is 5.32 Å². The van der Waals surface area contributed by atoms with Crippen LogP contribution in [0.3, 0.4) is 0 Å². The molecule has 0 aliphatic rings. The summed E-state index contributed by atoms with van der Waals surface area (Å²) < 4.78 is 25.3. The Labute approximate surface area is 115 Å². The van der Waals surface area contributed by atoms with E-state index in [1.165, 1.54) is 13.2 Å². The first-order valence-corrected chi connectivity index (χ1v) is 7.99. The summed E-state index contributed by atoms with van der Waals surface area (Å²) in [4.78, 5) is 4.31. The SMILES string of the molecule is CNS(=O)(=O)c1ccc(NC(C)CCC(C)C)nc1. The maximum Gasteiger partial charge on any atom is 0.241 e. The van der Waals surface area contributed by atoms with Crippen LogP contribution < -0.4 is 10.0 Å². The minimum Gasteiger partial charge on any atom is -0.368 e. The molecule has 0 aliphatic heterocycles. The zero-order chi connectivity index (χ0) is 14.5. The first-order valence-electron chi connectivity index (χ1n) is 6.51. The molecule has 1 unspecified atom stereocenters. The van der Waals surface area contributed by atoms with E-state index in [-0.39, 0.29) is 4.90 Å². The van der Waals surface area contributed by atoms with E-state index in [0.29, 0.717) is 17.8 Å². The molecule has 108 valence electrons. The lowest BCUT2D eigenvalue weighted by Gasteiger charge is -2.15. The molecule has 1 aromatic rings. The molecule has 1 aromatic heterocycles. The Bertz CT molecular complexity index is 483. The fourth-order valence-corrected chi connectivity index (χ4v) is 2.32. The third kappa shape index (κ3) is 5.16. The molecule has 0 aromatic carbocycles. The second-order valence-corrected chi connectivity index (χ2v) is 6.99. The highest BCUT2D eigenvalue weighted by atomic mass is 32.2. The number of nitrogens with zero attached hydrogens (tertiary/aromatic N) is 1. The van der Waals surface area contributed by atoms with E-state index in [2.05, 4.69) is 35.8 Å². The van der Waals surface area contributed by atoms with Crippen molar-refractivity contribution in [2.75, 3.05) is 12.4 Å². The van der Waals surface area contributed by atoms with Gasteiger partial charge >= 0.3 is 0 Å². The van der Waals surface area contributed by atoms with Gasteiger partial charge in [-0.2, -0.15) is 0 Å². The van der Waals surface area contributed by atoms with E-state index < -0.39 is 10.0 Å². The molecular formula is C13H23N3O2S. The fourth-order valence-electron chi connectivity index (χ4n) is 1.65. The van der Waals surface area contributed by atoms with Gasteiger partial charge in [0.05, 0.1) is 0 Å². The first-order chi connectivity index (χ1) is 8.85. The molecule has 0 amide bonds. The lowest BCUT2D eigenvalue weighted by Crippen LogP contribution is -2.19. The van der Waals surface area contributed by atoms with Gasteiger partial charge in [0.2, 0.25) is 10.0 Å². The summed E-state index contributed by atoms with van der Waals surface area (Å²) >= 11 is 0. The van der Waals surface area contributed by atoms with Crippen LogP contribution in [0.15, 0.2) is 23.2 Å². The van der Waals surface area contributed by atoms with Crippen molar-refractivity contribution in [2.45, 2.75) is 44.6 Å². The van der Waals surface area contributed by atoms with Crippen LogP contribution in [-0.4, -0.2) is 26.5 Å². The van der Waals surface area contributed by atoms with E-state index >= 15 is 0 Å². The molecule has 0 bridgehead atoms. The van der Waals surface area contributed by atoms with Crippen LogP contribution in [-0.2, 0) is 10.0 Å². The molecule has 1 heterocycles. The molecule has 5 nitrogen and oxygen atoms in total. The number of hydrogen-bond donors (Lipinski definition) is 2. The smallest absolute Gasteiger partial charge is 0.241 e. The van der Waals surface area contributed by atoms with E-state index in [4.69, 9.17) is 0 Å². The van der Waals surface area contributed by atoms with Crippen molar-refractivity contribution in [3.63, 3.8) is 0 Å². The van der Waals surface area contributed by atoms with Gasteiger partial charge in [0.1, 0.15) is 10.7 Å². The third-order valence-corrected chi connectivity index (χ3v) is 4.29. The van der Waals surface area contributed by atoms with Gasteiger partial charge in [-0.3, -0.25) is 0 Å². The number of sulfonamides is 1. The van der Waals surface area contributed by atoms with Gasteiger partial charge in [0.15, 0.2) is 0 Å². The van der Waals surface area contributed by atoms with Crippen LogP contribution in [0.5, 0.6) is 0 Å². The molecule has 0 spiro atoms. The monoisotopic (exact) mass is 285 g/mol. The molecule has 0 saturated heterocycles. The van der Waals surface area contributed by atoms with Gasteiger partial charge in [-0.05, 0) is 44.9 Å². The van der Waals surface area contributed by atoms with E-state index in [1.54, 1.807) is 12.1 Å². The summed E-state index contributed by atoms with van der Waals surface area (Å²) in [6, 6.07) is 3.56. The van der Waals surface area contributed by atoms with Crippen LogP contribution >= 0.6 is 0 Å². The summed E-state index contributed by atoms with van der Waals surface area (Å²) in [5.74, 6) is 1.38. The second-order valence-electron chi connectivity index (χ2n) is 5.10. The maximum absolute atomic E-state index is 11.5. The molecule has 0 saturated carbocycles. The highest BCUT2D eigenvalue weighted by Gasteiger charge is 2.11. The topological polar surface area (TPSA) is 71.1 Å². The van der Waals surface area contributed by atoms with E-state index in [9.17, 15) is 8.42 Å². The molecule has 2 N–H and O–H groups in total. The van der Waals surface area contributed by atoms with Crippen molar-refractivity contribution in [3.05, 3.63) is 18.3 Å². The largest absolute Gasteiger partial charge is 0.368 e. The quantitative estimate of drug-likeness (QED) is 0.806. The Kier molecular flexibility index (Phi) is 5.75. The van der Waals surface area contributed by atoms with Gasteiger partial charge in [0, 0.05) is 12.2 Å². The predicted molar refractivity (Wildman–Crippen MR) is 77.6 cm³/mol. The minimum absolute atomic E-state index is 0.176. The number of nitrogens with one attached hydrogen (secondary N) is 2. The summed E-state index contributed by atoms with van der Waals surface area (Å²) in [5.41, 5.74) is 0. The number of hydrogen-bond acceptors (Lipinski definition) is 4. The molecule has 0 radical (unpaired) electrons. The van der Waals surface area contributed by atoms with Crippen LogP contribution in [0.1, 0.15) is 33.6 Å². The molecule has 19 heavy (non-hydrogen) atoms. The minimum atomic E-state index is -3.41. The Morgan fingerprint density at radius 3 is 2.37 bits per heavy atom. The number of anilines is 1. The Balaban J connectivity index is 2.62. The van der Waals surface area contributed by atoms with E-state index in [1.807, 2.05) is 0 Å². The zero-order valence-corrected chi connectivity index (χ0v) is 12.8. The summed E-state index contributed by atoms with van der Waals surface area (Å²) in [7, 11) is -2.02. The fraction of sp³-hybridized carbons (Fsp3) is 0.615. The van der Waals surface area contributed by atoms with Crippen molar-refractivity contribution < 1.29 is 8.42 Å². The van der Waals surface area contributed by atoms with Crippen molar-refractivity contribution >= 4 is 15.8 Å². The molecule has 0 aliphatic carbocycles. The highest BCUT2D eigenvalue weighted by Crippen LogP contribution is 2.13. The van der Waals surface area contributed by atoms with Crippen molar-refractivity contribution in [1.29, 1.82) is 0 Å². The van der Waals surface area contributed by atoms with Gasteiger partial charge in [0.25, 0.3) is 0 Å². The molecular weight excluding hydrogens is 262 g/mol. The van der Waals surface area contributed by atoms with Gasteiger partial charge in [-0.25, -0.2) is 18.1 Å². The van der Waals surface area contributed by atoms with Gasteiger partial charge in [-0.1, -0.05) is 13.8 Å². The lowest BCUT2D eigenvalue weighted by molar-refractivity contribution is 0.527. The zero-order valence-electron chi connectivity index (χ0n) is 12.0. The molecule has 1 rings (SSSR count). The summed E-state index contributed by atoms with van der Waals surface area (Å²) in [6.45, 7) is 6.49. The lowest BCUT2D eigenvalue weighted by atomic mass is 10.0. The third-order valence-electron chi connectivity index (χ3n) is 2.89. The summed E-state index contributed by atoms with van der Waals surface area (Å²) in [5, 5.41) is 3.27. The number of rotatable bonds is 7. The van der Waals surface area contributed by atoms with Crippen LogP contribution in [0.4, 0.5) is 5.82 Å². The second kappa shape index (κ2) is 6.86. The standard InChI is InChI=1S/C13H23N3O2S/c1-10(2)5-6-11(3)16-13-8-7-12(9-15-13)19(17,18)14-4/h7-11,14H,5-6H2,1-4H3,(H,15,16). The number of pyridine rings is 1.